The summed E-state index contributed by atoms with van der Waals surface area (Å²) in [6, 6.07) is 67.0. The first-order valence-corrected chi connectivity index (χ1v) is 19.3. The molecule has 2 aliphatic heterocycles. The summed E-state index contributed by atoms with van der Waals surface area (Å²) in [5, 5.41) is 9.60. The van der Waals surface area contributed by atoms with E-state index in [0.717, 1.165) is 79.2 Å². The highest BCUT2D eigenvalue weighted by atomic mass is 16.5. The fraction of sp³-hybridized carbons (Fsp3) is 0. The number of anilines is 6. The number of ether oxygens (including phenoxy) is 2. The van der Waals surface area contributed by atoms with Crippen molar-refractivity contribution in [1.82, 2.24) is 4.57 Å². The summed E-state index contributed by atoms with van der Waals surface area (Å²) in [5.74, 6) is 3.34. The number of aromatic nitrogens is 1. The molecular formula is C52H31N3O2. The van der Waals surface area contributed by atoms with Crippen LogP contribution in [-0.4, -0.2) is 4.57 Å². The average molecular weight is 730 g/mol. The Morgan fingerprint density at radius 2 is 0.789 bits per heavy atom. The summed E-state index contributed by atoms with van der Waals surface area (Å²) in [4.78, 5) is 4.76. The van der Waals surface area contributed by atoms with Crippen molar-refractivity contribution in [2.75, 3.05) is 9.80 Å². The molecule has 0 atom stereocenters. The van der Waals surface area contributed by atoms with Gasteiger partial charge in [0.25, 0.3) is 0 Å². The molecule has 0 amide bonds. The molecule has 5 nitrogen and oxygen atoms in total. The van der Waals surface area contributed by atoms with Gasteiger partial charge in [-0.25, -0.2) is 0 Å². The van der Waals surface area contributed by atoms with Crippen LogP contribution in [0.1, 0.15) is 0 Å². The van der Waals surface area contributed by atoms with Gasteiger partial charge in [-0.15, -0.1) is 0 Å². The normalized spacial score (nSPS) is 13.1. The minimum absolute atomic E-state index is 0.828. The van der Waals surface area contributed by atoms with Gasteiger partial charge in [0.15, 0.2) is 23.0 Å². The van der Waals surface area contributed by atoms with Gasteiger partial charge in [-0.2, -0.15) is 0 Å². The predicted molar refractivity (Wildman–Crippen MR) is 234 cm³/mol. The zero-order chi connectivity index (χ0) is 37.2. The highest BCUT2D eigenvalue weighted by Gasteiger charge is 2.31. The monoisotopic (exact) mass is 729 g/mol. The Bertz CT molecular complexity index is 3400. The molecule has 10 aromatic carbocycles. The van der Waals surface area contributed by atoms with Crippen LogP contribution in [0.5, 0.6) is 23.0 Å². The second kappa shape index (κ2) is 11.4. The Labute approximate surface area is 327 Å². The molecule has 0 aliphatic carbocycles. The van der Waals surface area contributed by atoms with Crippen molar-refractivity contribution in [2.24, 2.45) is 0 Å². The van der Waals surface area contributed by atoms with Crippen LogP contribution in [0.15, 0.2) is 188 Å². The summed E-state index contributed by atoms with van der Waals surface area (Å²) in [6.45, 7) is 0. The second-order valence-electron chi connectivity index (χ2n) is 14.9. The van der Waals surface area contributed by atoms with Crippen LogP contribution >= 0.6 is 0 Å². The van der Waals surface area contributed by atoms with Crippen LogP contribution in [0.3, 0.4) is 0 Å². The van der Waals surface area contributed by atoms with Crippen molar-refractivity contribution in [1.29, 1.82) is 0 Å². The largest absolute Gasteiger partial charge is 0.453 e. The van der Waals surface area contributed by atoms with E-state index in [1.165, 1.54) is 37.7 Å². The average Bonchev–Trinajstić information content (AvgIpc) is 3.59. The number of hydrogen-bond donors (Lipinski definition) is 0. The summed E-state index contributed by atoms with van der Waals surface area (Å²) in [7, 11) is 0. The minimum Gasteiger partial charge on any atom is -0.453 e. The van der Waals surface area contributed by atoms with Crippen molar-refractivity contribution < 1.29 is 9.47 Å². The van der Waals surface area contributed by atoms with Crippen molar-refractivity contribution in [3.63, 3.8) is 0 Å². The van der Waals surface area contributed by atoms with E-state index >= 15 is 0 Å². The molecule has 0 spiro atoms. The SMILES string of the molecule is c1ccc(-n2c3ccccc3c3cc4c(cc32)N(c2ccc3ccc5c(N6c7ccccc7Oc7ccccc76)ccc6ccc2c3c65)c2ccccc2O4)cc1. The van der Waals surface area contributed by atoms with Gasteiger partial charge in [0.05, 0.1) is 45.2 Å². The van der Waals surface area contributed by atoms with Crippen LogP contribution in [0.25, 0.3) is 59.8 Å². The smallest absolute Gasteiger partial charge is 0.152 e. The van der Waals surface area contributed by atoms with Gasteiger partial charge in [-0.05, 0) is 100 Å². The van der Waals surface area contributed by atoms with Crippen LogP contribution in [-0.2, 0) is 0 Å². The summed E-state index contributed by atoms with van der Waals surface area (Å²) >= 11 is 0. The van der Waals surface area contributed by atoms with E-state index in [1.807, 2.05) is 24.3 Å². The molecule has 266 valence electrons. The van der Waals surface area contributed by atoms with Gasteiger partial charge >= 0.3 is 0 Å². The molecule has 13 rings (SSSR count). The summed E-state index contributed by atoms with van der Waals surface area (Å²) < 4.78 is 15.6. The van der Waals surface area contributed by atoms with E-state index in [4.69, 9.17) is 9.47 Å². The highest BCUT2D eigenvalue weighted by molar-refractivity contribution is 6.28. The molecule has 0 saturated carbocycles. The first-order valence-electron chi connectivity index (χ1n) is 19.3. The van der Waals surface area contributed by atoms with Gasteiger partial charge in [0.1, 0.15) is 0 Å². The van der Waals surface area contributed by atoms with E-state index in [0.29, 0.717) is 0 Å². The standard InChI is InChI=1S/C52H31N3O2/c1-2-12-34(13-3-1)53-39-15-5-4-14-35(39)38-30-50-46(31-45(38)53)55(44-18-8-11-21-49(44)57-50)41-29-25-33-22-26-36-40(28-24-32-23-27-37(41)52(33)51(32)36)54-42-16-6-9-19-47(42)56-48-20-10-7-17-43(48)54/h1-31H. The number of rotatable bonds is 3. The maximum atomic E-state index is 6.80. The summed E-state index contributed by atoms with van der Waals surface area (Å²) in [6.07, 6.45) is 0. The number of fused-ring (bicyclic) bond motifs is 7. The first-order chi connectivity index (χ1) is 28.3. The lowest BCUT2D eigenvalue weighted by Crippen LogP contribution is -2.16. The quantitative estimate of drug-likeness (QED) is 0.169. The van der Waals surface area contributed by atoms with Gasteiger partial charge in [-0.1, -0.05) is 109 Å². The van der Waals surface area contributed by atoms with Crippen LogP contribution in [0.2, 0.25) is 0 Å². The van der Waals surface area contributed by atoms with Gasteiger partial charge < -0.3 is 23.8 Å². The van der Waals surface area contributed by atoms with Crippen molar-refractivity contribution in [3.05, 3.63) is 188 Å². The molecule has 0 radical (unpaired) electrons. The molecule has 0 unspecified atom stereocenters. The zero-order valence-electron chi connectivity index (χ0n) is 30.6. The Balaban J connectivity index is 1.08. The fourth-order valence-corrected chi connectivity index (χ4v) is 9.46. The van der Waals surface area contributed by atoms with Crippen molar-refractivity contribution in [2.45, 2.75) is 0 Å². The Morgan fingerprint density at radius 3 is 1.40 bits per heavy atom. The molecule has 1 aromatic heterocycles. The Hall–Kier alpha value is -7.76. The van der Waals surface area contributed by atoms with Crippen LogP contribution < -0.4 is 19.3 Å². The van der Waals surface area contributed by atoms with Gasteiger partial charge in [-0.3, -0.25) is 0 Å². The fourth-order valence-electron chi connectivity index (χ4n) is 9.46. The minimum atomic E-state index is 0.828. The van der Waals surface area contributed by atoms with E-state index in [2.05, 4.69) is 178 Å². The van der Waals surface area contributed by atoms with Crippen LogP contribution in [0, 0.1) is 0 Å². The van der Waals surface area contributed by atoms with E-state index in [-0.39, 0.29) is 0 Å². The maximum Gasteiger partial charge on any atom is 0.152 e. The molecule has 3 heterocycles. The highest BCUT2D eigenvalue weighted by Crippen LogP contribution is 2.56. The Kier molecular flexibility index (Phi) is 6.10. The first kappa shape index (κ1) is 30.6. The molecule has 0 bridgehead atoms. The van der Waals surface area contributed by atoms with Crippen molar-refractivity contribution in [3.8, 4) is 28.7 Å². The zero-order valence-corrected chi connectivity index (χ0v) is 30.6. The number of benzene rings is 10. The second-order valence-corrected chi connectivity index (χ2v) is 14.9. The topological polar surface area (TPSA) is 29.9 Å². The van der Waals surface area contributed by atoms with E-state index < -0.39 is 0 Å². The lowest BCUT2D eigenvalue weighted by Gasteiger charge is -2.34. The van der Waals surface area contributed by atoms with Gasteiger partial charge in [0.2, 0.25) is 0 Å². The maximum absolute atomic E-state index is 6.80. The predicted octanol–water partition coefficient (Wildman–Crippen LogP) is 14.8. The molecule has 11 aromatic rings. The molecule has 0 fully saturated rings. The third-order valence-electron chi connectivity index (χ3n) is 11.9. The third kappa shape index (κ3) is 4.23. The molecular weight excluding hydrogens is 699 g/mol. The van der Waals surface area contributed by atoms with Crippen LogP contribution in [0.4, 0.5) is 34.1 Å². The summed E-state index contributed by atoms with van der Waals surface area (Å²) in [5.41, 5.74) is 9.67. The van der Waals surface area contributed by atoms with Gasteiger partial charge in [0, 0.05) is 27.2 Å². The number of hydrogen-bond acceptors (Lipinski definition) is 4. The lowest BCUT2D eigenvalue weighted by molar-refractivity contribution is 0.477. The Morgan fingerprint density at radius 1 is 0.298 bits per heavy atom. The number of para-hydroxylation sites is 8. The molecule has 2 aliphatic rings. The molecule has 0 N–H and O–H groups in total. The van der Waals surface area contributed by atoms with Crippen molar-refractivity contribution >= 4 is 88.2 Å². The molecule has 0 saturated heterocycles. The third-order valence-corrected chi connectivity index (χ3v) is 11.9. The molecule has 5 heteroatoms. The number of nitrogens with zero attached hydrogens (tertiary/aromatic N) is 3. The van der Waals surface area contributed by atoms with E-state index in [9.17, 15) is 0 Å². The van der Waals surface area contributed by atoms with E-state index in [1.54, 1.807) is 0 Å². The lowest BCUT2D eigenvalue weighted by atomic mass is 9.91. The molecule has 57 heavy (non-hydrogen) atoms.